The lowest BCUT2D eigenvalue weighted by molar-refractivity contribution is 0.500. The quantitative estimate of drug-likeness (QED) is 0.573. The van der Waals surface area contributed by atoms with Crippen LogP contribution in [0.4, 0.5) is 0 Å². The number of fused-ring (bicyclic) bond motifs is 1. The van der Waals surface area contributed by atoms with Gasteiger partial charge in [0.15, 0.2) is 0 Å². The number of alkyl halides is 1. The van der Waals surface area contributed by atoms with Gasteiger partial charge in [0.2, 0.25) is 0 Å². The number of benzene rings is 1. The molecule has 0 nitrogen and oxygen atoms in total. The first-order valence-corrected chi connectivity index (χ1v) is 6.53. The van der Waals surface area contributed by atoms with Crippen LogP contribution in [0.15, 0.2) is 24.3 Å². The third-order valence-electron chi connectivity index (χ3n) is 3.14. The van der Waals surface area contributed by atoms with Crippen LogP contribution in [0.5, 0.6) is 0 Å². The van der Waals surface area contributed by atoms with E-state index < -0.39 is 0 Å². The van der Waals surface area contributed by atoms with Crippen molar-refractivity contribution in [3.63, 3.8) is 0 Å². The Hall–Kier alpha value is -0.0500. The zero-order chi connectivity index (χ0) is 9.26. The van der Waals surface area contributed by atoms with Crippen LogP contribution in [-0.2, 0) is 6.42 Å². The van der Waals surface area contributed by atoms with Crippen LogP contribution in [0.25, 0.3) is 0 Å². The van der Waals surface area contributed by atoms with Crippen molar-refractivity contribution >= 4 is 22.6 Å². The Morgan fingerprint density at radius 1 is 1.38 bits per heavy atom. The van der Waals surface area contributed by atoms with Gasteiger partial charge in [-0.05, 0) is 35.8 Å². The van der Waals surface area contributed by atoms with E-state index in [1.54, 1.807) is 11.1 Å². The van der Waals surface area contributed by atoms with E-state index >= 15 is 0 Å². The van der Waals surface area contributed by atoms with E-state index in [0.717, 1.165) is 11.8 Å². The minimum atomic E-state index is 0.827. The number of hydrogen-bond acceptors (Lipinski definition) is 0. The van der Waals surface area contributed by atoms with Gasteiger partial charge < -0.3 is 0 Å². The minimum absolute atomic E-state index is 0.827. The van der Waals surface area contributed by atoms with E-state index in [0.29, 0.717) is 0 Å². The Labute approximate surface area is 93.9 Å². The third-order valence-corrected chi connectivity index (χ3v) is 4.28. The zero-order valence-corrected chi connectivity index (χ0v) is 10.1. The summed E-state index contributed by atoms with van der Waals surface area (Å²) in [4.78, 5) is 0. The van der Waals surface area contributed by atoms with Crippen LogP contribution in [0.3, 0.4) is 0 Å². The highest BCUT2D eigenvalue weighted by Crippen LogP contribution is 2.40. The molecule has 2 unspecified atom stereocenters. The molecule has 0 aromatic heterocycles. The first kappa shape index (κ1) is 9.50. The van der Waals surface area contributed by atoms with Crippen molar-refractivity contribution in [2.45, 2.75) is 25.7 Å². The topological polar surface area (TPSA) is 0 Å². The third kappa shape index (κ3) is 1.63. The average Bonchev–Trinajstić information content (AvgIpc) is 2.55. The molecule has 1 aliphatic rings. The Morgan fingerprint density at radius 2 is 2.15 bits per heavy atom. The van der Waals surface area contributed by atoms with Gasteiger partial charge in [-0.1, -0.05) is 53.8 Å². The van der Waals surface area contributed by atoms with Crippen LogP contribution >= 0.6 is 22.6 Å². The summed E-state index contributed by atoms with van der Waals surface area (Å²) in [6, 6.07) is 8.96. The summed E-state index contributed by atoms with van der Waals surface area (Å²) >= 11 is 2.53. The minimum Gasteiger partial charge on any atom is -0.0860 e. The summed E-state index contributed by atoms with van der Waals surface area (Å²) in [7, 11) is 0. The van der Waals surface area contributed by atoms with Crippen LogP contribution in [0.2, 0.25) is 0 Å². The maximum absolute atomic E-state index is 2.53. The fraction of sp³-hybridized carbons (Fsp3) is 0.500. The molecule has 0 radical (unpaired) electrons. The molecule has 1 aliphatic carbocycles. The van der Waals surface area contributed by atoms with Crippen molar-refractivity contribution in [1.82, 2.24) is 0 Å². The Morgan fingerprint density at radius 3 is 2.85 bits per heavy atom. The molecule has 2 atom stereocenters. The second-order valence-corrected chi connectivity index (χ2v) is 4.71. The van der Waals surface area contributed by atoms with Gasteiger partial charge >= 0.3 is 0 Å². The van der Waals surface area contributed by atoms with E-state index in [9.17, 15) is 0 Å². The van der Waals surface area contributed by atoms with Crippen LogP contribution in [0, 0.1) is 5.92 Å². The summed E-state index contributed by atoms with van der Waals surface area (Å²) in [5.74, 6) is 1.72. The highest BCUT2D eigenvalue weighted by atomic mass is 127. The molecule has 0 saturated heterocycles. The predicted molar refractivity (Wildman–Crippen MR) is 65.6 cm³/mol. The van der Waals surface area contributed by atoms with Crippen molar-refractivity contribution < 1.29 is 0 Å². The van der Waals surface area contributed by atoms with E-state index in [1.165, 1.54) is 17.3 Å². The standard InChI is InChI=1S/C12H15I/c1-2-11-10(8-13)7-9-5-3-4-6-12(9)11/h3-6,10-11H,2,7-8H2,1H3. The summed E-state index contributed by atoms with van der Waals surface area (Å²) < 4.78 is 1.30. The first-order valence-electron chi connectivity index (χ1n) is 5.00. The molecule has 70 valence electrons. The largest absolute Gasteiger partial charge is 0.0860 e. The summed E-state index contributed by atoms with van der Waals surface area (Å²) in [5.41, 5.74) is 3.21. The SMILES string of the molecule is CCC1c2ccccc2CC1CI. The van der Waals surface area contributed by atoms with Gasteiger partial charge in [0, 0.05) is 4.43 Å². The van der Waals surface area contributed by atoms with Gasteiger partial charge in [0.25, 0.3) is 0 Å². The fourth-order valence-corrected chi connectivity index (χ4v) is 3.40. The number of halogens is 1. The van der Waals surface area contributed by atoms with Gasteiger partial charge in [-0.3, -0.25) is 0 Å². The molecule has 2 rings (SSSR count). The fourth-order valence-electron chi connectivity index (χ4n) is 2.48. The van der Waals surface area contributed by atoms with Gasteiger partial charge in [-0.2, -0.15) is 0 Å². The molecule has 0 N–H and O–H groups in total. The molecule has 1 aromatic rings. The summed E-state index contributed by atoms with van der Waals surface area (Å²) in [5, 5.41) is 0. The maximum Gasteiger partial charge on any atom is 0.00327 e. The molecular formula is C12H15I. The van der Waals surface area contributed by atoms with E-state index in [4.69, 9.17) is 0 Å². The highest BCUT2D eigenvalue weighted by molar-refractivity contribution is 14.1. The molecular weight excluding hydrogens is 271 g/mol. The molecule has 0 spiro atoms. The monoisotopic (exact) mass is 286 g/mol. The van der Waals surface area contributed by atoms with Crippen LogP contribution in [0.1, 0.15) is 30.4 Å². The summed E-state index contributed by atoms with van der Waals surface area (Å²) in [6.07, 6.45) is 2.60. The normalized spacial score (nSPS) is 26.0. The molecule has 0 amide bonds. The summed E-state index contributed by atoms with van der Waals surface area (Å²) in [6.45, 7) is 2.31. The van der Waals surface area contributed by atoms with Crippen molar-refractivity contribution in [2.75, 3.05) is 4.43 Å². The smallest absolute Gasteiger partial charge is 0.00327 e. The van der Waals surface area contributed by atoms with Gasteiger partial charge in [-0.25, -0.2) is 0 Å². The van der Waals surface area contributed by atoms with E-state index in [-0.39, 0.29) is 0 Å². The molecule has 0 fully saturated rings. The second kappa shape index (κ2) is 3.99. The molecule has 1 aromatic carbocycles. The lowest BCUT2D eigenvalue weighted by Crippen LogP contribution is -2.07. The van der Waals surface area contributed by atoms with Gasteiger partial charge in [0.05, 0.1) is 0 Å². The van der Waals surface area contributed by atoms with Crippen molar-refractivity contribution in [3.05, 3.63) is 35.4 Å². The highest BCUT2D eigenvalue weighted by Gasteiger charge is 2.29. The predicted octanol–water partition coefficient (Wildman–Crippen LogP) is 3.79. The molecule has 0 heterocycles. The van der Waals surface area contributed by atoms with Crippen molar-refractivity contribution in [2.24, 2.45) is 5.92 Å². The molecule has 1 heteroatoms. The van der Waals surface area contributed by atoms with Crippen LogP contribution in [-0.4, -0.2) is 4.43 Å². The molecule has 0 bridgehead atoms. The zero-order valence-electron chi connectivity index (χ0n) is 7.96. The van der Waals surface area contributed by atoms with Gasteiger partial charge in [0.1, 0.15) is 0 Å². The molecule has 0 saturated carbocycles. The lowest BCUT2D eigenvalue weighted by Gasteiger charge is -2.15. The lowest BCUT2D eigenvalue weighted by atomic mass is 9.92. The average molecular weight is 286 g/mol. The molecule has 0 aliphatic heterocycles. The van der Waals surface area contributed by atoms with Crippen LogP contribution < -0.4 is 0 Å². The Kier molecular flexibility index (Phi) is 2.92. The Balaban J connectivity index is 2.34. The number of hydrogen-bond donors (Lipinski definition) is 0. The number of rotatable bonds is 2. The molecule has 13 heavy (non-hydrogen) atoms. The van der Waals surface area contributed by atoms with E-state index in [2.05, 4.69) is 53.8 Å². The van der Waals surface area contributed by atoms with Crippen molar-refractivity contribution in [1.29, 1.82) is 0 Å². The Bertz CT molecular complexity index is 293. The van der Waals surface area contributed by atoms with Crippen molar-refractivity contribution in [3.8, 4) is 0 Å². The first-order chi connectivity index (χ1) is 6.36. The van der Waals surface area contributed by atoms with E-state index in [1.807, 2.05) is 0 Å². The maximum atomic E-state index is 2.53. The van der Waals surface area contributed by atoms with Gasteiger partial charge in [-0.15, -0.1) is 0 Å². The second-order valence-electron chi connectivity index (χ2n) is 3.83.